The molecule has 4 aromatic heterocycles. The minimum atomic E-state index is 0. The predicted molar refractivity (Wildman–Crippen MR) is 176 cm³/mol. The number of pyridine rings is 2. The van der Waals surface area contributed by atoms with Crippen molar-refractivity contribution in [1.82, 2.24) is 19.1 Å². The molecule has 0 radical (unpaired) electrons. The largest absolute Gasteiger partial charge is 0.303 e. The maximum absolute atomic E-state index is 5.04. The van der Waals surface area contributed by atoms with Crippen molar-refractivity contribution >= 4 is 10.8 Å². The van der Waals surface area contributed by atoms with Gasteiger partial charge in [-0.15, -0.1) is 0 Å². The first-order valence-corrected chi connectivity index (χ1v) is 15.0. The summed E-state index contributed by atoms with van der Waals surface area (Å²) < 4.78 is 4.48. The van der Waals surface area contributed by atoms with Crippen LogP contribution >= 0.6 is 0 Å². The molecule has 4 heterocycles. The third-order valence-electron chi connectivity index (χ3n) is 8.35. The molecule has 0 aliphatic heterocycles. The molecule has 6 aromatic rings. The number of aromatic nitrogens is 4. The molecule has 4 nitrogen and oxygen atoms in total. The number of benzene rings is 2. The molecule has 0 aliphatic rings. The van der Waals surface area contributed by atoms with Crippen molar-refractivity contribution in [3.8, 4) is 11.6 Å². The summed E-state index contributed by atoms with van der Waals surface area (Å²) in [6, 6.07) is 31.3. The molecule has 6 rings (SSSR count). The Morgan fingerprint density at radius 2 is 1.00 bits per heavy atom. The van der Waals surface area contributed by atoms with E-state index in [4.69, 9.17) is 9.97 Å². The molecule has 0 saturated carbocycles. The van der Waals surface area contributed by atoms with Crippen LogP contribution in [-0.2, 0) is 25.7 Å². The van der Waals surface area contributed by atoms with Crippen LogP contribution < -0.4 is 0 Å². The number of rotatable bonds is 8. The molecule has 214 valence electrons. The van der Waals surface area contributed by atoms with E-state index in [1.165, 1.54) is 55.8 Å². The average Bonchev–Trinajstić information content (AvgIpc) is 3.48. The fourth-order valence-electron chi connectivity index (χ4n) is 6.22. The van der Waals surface area contributed by atoms with Gasteiger partial charge in [-0.05, 0) is 149 Å². The number of fused-ring (bicyclic) bond motifs is 1. The monoisotopic (exact) mass is 554 g/mol. The molecular weight excluding hydrogens is 512 g/mol. The first kappa shape index (κ1) is 27.7. The summed E-state index contributed by atoms with van der Waals surface area (Å²) in [5.74, 6) is 2.03. The number of hydrogen-bond donors (Lipinski definition) is 0. The number of nitrogens with zero attached hydrogens (tertiary/aromatic N) is 4. The lowest BCUT2D eigenvalue weighted by Crippen LogP contribution is -2.05. The zero-order valence-corrected chi connectivity index (χ0v) is 25.7. The van der Waals surface area contributed by atoms with E-state index in [9.17, 15) is 0 Å². The predicted octanol–water partition coefficient (Wildman–Crippen LogP) is 8.88. The first-order valence-electron chi connectivity index (χ1n) is 15.0. The molecule has 0 fully saturated rings. The third kappa shape index (κ3) is 5.80. The number of hydrogen-bond acceptors (Lipinski definition) is 2. The third-order valence-corrected chi connectivity index (χ3v) is 8.35. The van der Waals surface area contributed by atoms with E-state index in [0.717, 1.165) is 48.7 Å². The van der Waals surface area contributed by atoms with E-state index in [0.29, 0.717) is 0 Å². The van der Waals surface area contributed by atoms with Gasteiger partial charge in [0.25, 0.3) is 0 Å². The Kier molecular flexibility index (Phi) is 7.55. The average molecular weight is 555 g/mol. The van der Waals surface area contributed by atoms with Crippen molar-refractivity contribution in [2.75, 3.05) is 0 Å². The summed E-state index contributed by atoms with van der Waals surface area (Å²) in [4.78, 5) is 9.87. The topological polar surface area (TPSA) is 35.6 Å². The SMILES string of the molecule is Cc1cc(CCc2ccc3ccc(CCc4cc(C)nc(-n5c(C)ccc5C)c4)cc3c2)nc(-n2c(C)ccc2C)c1.[HH]. The molecule has 0 atom stereocenters. The molecule has 2 aromatic carbocycles. The molecule has 0 amide bonds. The van der Waals surface area contributed by atoms with Crippen molar-refractivity contribution in [2.24, 2.45) is 0 Å². The van der Waals surface area contributed by atoms with Crippen molar-refractivity contribution in [3.63, 3.8) is 0 Å². The van der Waals surface area contributed by atoms with Crippen LogP contribution in [0, 0.1) is 41.5 Å². The van der Waals surface area contributed by atoms with Gasteiger partial charge >= 0.3 is 0 Å². The molecule has 0 unspecified atom stereocenters. The fraction of sp³-hybridized carbons (Fsp3) is 0.263. The Morgan fingerprint density at radius 1 is 0.476 bits per heavy atom. The first-order chi connectivity index (χ1) is 20.2. The van der Waals surface area contributed by atoms with Crippen LogP contribution in [0.3, 0.4) is 0 Å². The Balaban J connectivity index is 0.00000368. The smallest absolute Gasteiger partial charge is 0.137 e. The van der Waals surface area contributed by atoms with Gasteiger partial charge in [-0.3, -0.25) is 0 Å². The lowest BCUT2D eigenvalue weighted by Gasteiger charge is -2.12. The highest BCUT2D eigenvalue weighted by Crippen LogP contribution is 2.23. The van der Waals surface area contributed by atoms with Gasteiger partial charge in [0.15, 0.2) is 0 Å². The second-order valence-corrected chi connectivity index (χ2v) is 11.9. The molecule has 0 aliphatic carbocycles. The van der Waals surface area contributed by atoms with Gasteiger partial charge in [-0.25, -0.2) is 9.97 Å². The molecule has 42 heavy (non-hydrogen) atoms. The molecule has 0 saturated heterocycles. The van der Waals surface area contributed by atoms with Crippen LogP contribution in [-0.4, -0.2) is 19.1 Å². The lowest BCUT2D eigenvalue weighted by molar-refractivity contribution is 0.862. The van der Waals surface area contributed by atoms with Crippen LogP contribution in [0.15, 0.2) is 84.9 Å². The lowest BCUT2D eigenvalue weighted by atomic mass is 9.98. The van der Waals surface area contributed by atoms with E-state index in [-0.39, 0.29) is 1.43 Å². The summed E-state index contributed by atoms with van der Waals surface area (Å²) in [6.45, 7) is 12.8. The molecular formula is C38H42N4. The Hall–Kier alpha value is -4.44. The van der Waals surface area contributed by atoms with Crippen LogP contribution in [0.25, 0.3) is 22.4 Å². The minimum absolute atomic E-state index is 0. The van der Waals surface area contributed by atoms with Crippen molar-refractivity contribution in [1.29, 1.82) is 0 Å². The Bertz CT molecular complexity index is 1740. The Labute approximate surface area is 251 Å². The molecule has 4 heteroatoms. The van der Waals surface area contributed by atoms with Gasteiger partial charge in [0, 0.05) is 35.6 Å². The van der Waals surface area contributed by atoms with E-state index in [1.54, 1.807) is 0 Å². The standard InChI is InChI=1S/C38H40N4.H2/c1-25-19-36(40-37(20-25)41-27(3)7-8-28(41)4)18-15-32-14-17-34-16-13-31(22-35(34)23-32)11-12-33-21-26(2)39-38(24-33)42-29(5)9-10-30(42)6;/h7-10,13-14,16-17,19-24H,11-12,15,18H2,1-6H3;1H. The minimum Gasteiger partial charge on any atom is -0.303 e. The van der Waals surface area contributed by atoms with Crippen LogP contribution in [0.4, 0.5) is 0 Å². The molecule has 0 bridgehead atoms. The second kappa shape index (κ2) is 11.4. The summed E-state index contributed by atoms with van der Waals surface area (Å²) in [7, 11) is 0. The summed E-state index contributed by atoms with van der Waals surface area (Å²) in [5, 5.41) is 2.60. The van der Waals surface area contributed by atoms with E-state index < -0.39 is 0 Å². The zero-order valence-electron chi connectivity index (χ0n) is 25.7. The van der Waals surface area contributed by atoms with Gasteiger partial charge in [-0.1, -0.05) is 36.4 Å². The summed E-state index contributed by atoms with van der Waals surface area (Å²) in [5.41, 5.74) is 12.4. The van der Waals surface area contributed by atoms with Gasteiger partial charge < -0.3 is 9.13 Å². The van der Waals surface area contributed by atoms with Gasteiger partial charge in [0.2, 0.25) is 0 Å². The van der Waals surface area contributed by atoms with Crippen LogP contribution in [0.2, 0.25) is 0 Å². The van der Waals surface area contributed by atoms with E-state index in [2.05, 4.69) is 136 Å². The number of aryl methyl sites for hydroxylation is 10. The maximum Gasteiger partial charge on any atom is 0.137 e. The zero-order chi connectivity index (χ0) is 29.4. The van der Waals surface area contributed by atoms with Crippen molar-refractivity contribution in [2.45, 2.75) is 67.2 Å². The molecule has 0 N–H and O–H groups in total. The van der Waals surface area contributed by atoms with Gasteiger partial charge in [0.05, 0.1) is 0 Å². The van der Waals surface area contributed by atoms with E-state index in [1.807, 2.05) is 0 Å². The van der Waals surface area contributed by atoms with E-state index >= 15 is 0 Å². The normalized spacial score (nSPS) is 11.5. The van der Waals surface area contributed by atoms with Crippen LogP contribution in [0.1, 0.15) is 57.8 Å². The summed E-state index contributed by atoms with van der Waals surface area (Å²) >= 11 is 0. The summed E-state index contributed by atoms with van der Waals surface area (Å²) in [6.07, 6.45) is 3.88. The highest BCUT2D eigenvalue weighted by atomic mass is 15.1. The quantitative estimate of drug-likeness (QED) is 0.188. The highest BCUT2D eigenvalue weighted by Gasteiger charge is 2.10. The molecule has 0 spiro atoms. The second-order valence-electron chi connectivity index (χ2n) is 11.9. The maximum atomic E-state index is 5.04. The van der Waals surface area contributed by atoms with Crippen molar-refractivity contribution in [3.05, 3.63) is 141 Å². The van der Waals surface area contributed by atoms with Crippen LogP contribution in [0.5, 0.6) is 0 Å². The fourth-order valence-corrected chi connectivity index (χ4v) is 6.22. The Morgan fingerprint density at radius 3 is 1.60 bits per heavy atom. The highest BCUT2D eigenvalue weighted by molar-refractivity contribution is 5.83. The van der Waals surface area contributed by atoms with Gasteiger partial charge in [-0.2, -0.15) is 0 Å². The van der Waals surface area contributed by atoms with Gasteiger partial charge in [0.1, 0.15) is 11.6 Å². The van der Waals surface area contributed by atoms with Crippen molar-refractivity contribution < 1.29 is 1.43 Å².